The standard InChI is InChI=1S/C23H35NO6/c1-4-29-17-9-6-14(7-10-17)11-16-12-15(8-5-13(16)2)21-19(26)18(25)20(27)22(30-21)23(28)24-3/h5,8,12,14,17-22,25-27H,4,6-7,9-11H2,1-3H3,(H,24,28)/t14?,17?,18-,19-,20+,21+,22?/m1/s1. The first-order valence-electron chi connectivity index (χ1n) is 11.0. The van der Waals surface area contributed by atoms with E-state index in [1.165, 1.54) is 18.2 Å². The molecule has 2 fully saturated rings. The number of aliphatic hydroxyl groups excluding tert-OH is 3. The number of ether oxygens (including phenoxy) is 2. The topological polar surface area (TPSA) is 108 Å². The lowest BCUT2D eigenvalue weighted by Crippen LogP contribution is -2.58. The molecule has 4 N–H and O–H groups in total. The third-order valence-corrected chi connectivity index (χ3v) is 6.52. The predicted molar refractivity (Wildman–Crippen MR) is 112 cm³/mol. The second-order valence-corrected chi connectivity index (χ2v) is 8.55. The summed E-state index contributed by atoms with van der Waals surface area (Å²) in [5.74, 6) is 0.0516. The molecule has 5 atom stereocenters. The van der Waals surface area contributed by atoms with Crippen molar-refractivity contribution < 1.29 is 29.6 Å². The Kier molecular flexibility index (Phi) is 7.87. The largest absolute Gasteiger partial charge is 0.387 e. The second-order valence-electron chi connectivity index (χ2n) is 8.55. The first-order chi connectivity index (χ1) is 14.3. The average Bonchev–Trinajstić information content (AvgIpc) is 2.75. The Balaban J connectivity index is 1.74. The van der Waals surface area contributed by atoms with Gasteiger partial charge < -0.3 is 30.1 Å². The number of aryl methyl sites for hydroxylation is 1. The van der Waals surface area contributed by atoms with E-state index in [-0.39, 0.29) is 0 Å². The number of nitrogens with one attached hydrogen (secondary N) is 1. The predicted octanol–water partition coefficient (Wildman–Crippen LogP) is 1.40. The van der Waals surface area contributed by atoms with Crippen molar-refractivity contribution in [1.29, 1.82) is 0 Å². The molecule has 1 unspecified atom stereocenters. The van der Waals surface area contributed by atoms with Gasteiger partial charge in [0.1, 0.15) is 24.4 Å². The van der Waals surface area contributed by atoms with E-state index < -0.39 is 36.4 Å². The van der Waals surface area contributed by atoms with E-state index in [0.717, 1.165) is 38.7 Å². The van der Waals surface area contributed by atoms with E-state index in [1.807, 2.05) is 25.1 Å². The quantitative estimate of drug-likeness (QED) is 0.553. The highest BCUT2D eigenvalue weighted by Crippen LogP contribution is 2.35. The summed E-state index contributed by atoms with van der Waals surface area (Å²) in [5.41, 5.74) is 3.05. The molecule has 1 heterocycles. The molecule has 0 aromatic heterocycles. The molecule has 0 radical (unpaired) electrons. The molecule has 7 heteroatoms. The highest BCUT2D eigenvalue weighted by Gasteiger charge is 2.47. The lowest BCUT2D eigenvalue weighted by molar-refractivity contribution is -0.222. The van der Waals surface area contributed by atoms with Gasteiger partial charge in [-0.25, -0.2) is 0 Å². The number of aliphatic hydroxyl groups is 3. The Bertz CT molecular complexity index is 718. The normalized spacial score (nSPS) is 34.5. The summed E-state index contributed by atoms with van der Waals surface area (Å²) >= 11 is 0. The summed E-state index contributed by atoms with van der Waals surface area (Å²) in [5, 5.41) is 33.4. The first-order valence-corrected chi connectivity index (χ1v) is 11.0. The van der Waals surface area contributed by atoms with E-state index in [9.17, 15) is 20.1 Å². The van der Waals surface area contributed by atoms with Crippen LogP contribution in [0.15, 0.2) is 18.2 Å². The molecule has 3 rings (SSSR count). The van der Waals surface area contributed by atoms with Crippen molar-refractivity contribution in [3.05, 3.63) is 34.9 Å². The molecular formula is C23H35NO6. The molecule has 0 spiro atoms. The summed E-state index contributed by atoms with van der Waals surface area (Å²) in [6.07, 6.45) is -0.676. The molecule has 2 aliphatic rings. The van der Waals surface area contributed by atoms with Crippen molar-refractivity contribution in [1.82, 2.24) is 5.32 Å². The second kappa shape index (κ2) is 10.2. The SMILES string of the molecule is CCOC1CCC(Cc2cc([C@@H]3OC(C(=O)NC)[C@@H](O)[C@H](O)[C@H]3O)ccc2C)CC1. The molecule has 7 nitrogen and oxygen atoms in total. The van der Waals surface area contributed by atoms with Crippen LogP contribution in [0.25, 0.3) is 0 Å². The van der Waals surface area contributed by atoms with Crippen molar-refractivity contribution >= 4 is 5.91 Å². The van der Waals surface area contributed by atoms with E-state index >= 15 is 0 Å². The molecule has 1 aromatic carbocycles. The van der Waals surface area contributed by atoms with Crippen LogP contribution >= 0.6 is 0 Å². The van der Waals surface area contributed by atoms with Gasteiger partial charge in [0.05, 0.1) is 6.10 Å². The Morgan fingerprint density at radius 1 is 1.13 bits per heavy atom. The third kappa shape index (κ3) is 5.03. The summed E-state index contributed by atoms with van der Waals surface area (Å²) in [7, 11) is 1.44. The Morgan fingerprint density at radius 3 is 2.47 bits per heavy atom. The molecular weight excluding hydrogens is 386 g/mol. The van der Waals surface area contributed by atoms with Crippen LogP contribution in [-0.4, -0.2) is 65.4 Å². The minimum atomic E-state index is -1.48. The maximum atomic E-state index is 12.1. The van der Waals surface area contributed by atoms with Crippen LogP contribution in [0, 0.1) is 12.8 Å². The van der Waals surface area contributed by atoms with Crippen molar-refractivity contribution in [3.63, 3.8) is 0 Å². The van der Waals surface area contributed by atoms with Gasteiger partial charge in [-0.1, -0.05) is 18.2 Å². The number of hydrogen-bond acceptors (Lipinski definition) is 6. The summed E-state index contributed by atoms with van der Waals surface area (Å²) in [6.45, 7) is 4.86. The highest BCUT2D eigenvalue weighted by atomic mass is 16.5. The van der Waals surface area contributed by atoms with E-state index in [4.69, 9.17) is 9.47 Å². The van der Waals surface area contributed by atoms with Crippen molar-refractivity contribution in [2.24, 2.45) is 5.92 Å². The van der Waals surface area contributed by atoms with Gasteiger partial charge in [-0.05, 0) is 68.6 Å². The van der Waals surface area contributed by atoms with E-state index in [2.05, 4.69) is 12.2 Å². The van der Waals surface area contributed by atoms with Crippen LogP contribution in [0.4, 0.5) is 0 Å². The number of hydrogen-bond donors (Lipinski definition) is 4. The van der Waals surface area contributed by atoms with Gasteiger partial charge in [-0.3, -0.25) is 4.79 Å². The van der Waals surface area contributed by atoms with E-state index in [0.29, 0.717) is 17.6 Å². The molecule has 1 aliphatic carbocycles. The van der Waals surface area contributed by atoms with Crippen LogP contribution < -0.4 is 5.32 Å². The minimum Gasteiger partial charge on any atom is -0.387 e. The monoisotopic (exact) mass is 421 g/mol. The first kappa shape index (κ1) is 23.2. The van der Waals surface area contributed by atoms with Gasteiger partial charge in [0.2, 0.25) is 0 Å². The van der Waals surface area contributed by atoms with Crippen LogP contribution in [-0.2, 0) is 20.7 Å². The van der Waals surface area contributed by atoms with Crippen LogP contribution in [0.2, 0.25) is 0 Å². The van der Waals surface area contributed by atoms with Crippen molar-refractivity contribution in [3.8, 4) is 0 Å². The van der Waals surface area contributed by atoms with Gasteiger partial charge in [-0.2, -0.15) is 0 Å². The van der Waals surface area contributed by atoms with Crippen LogP contribution in [0.5, 0.6) is 0 Å². The van der Waals surface area contributed by atoms with E-state index in [1.54, 1.807) is 0 Å². The minimum absolute atomic E-state index is 0.374. The number of benzene rings is 1. The summed E-state index contributed by atoms with van der Waals surface area (Å²) in [4.78, 5) is 12.1. The molecule has 1 amide bonds. The highest BCUT2D eigenvalue weighted by molar-refractivity contribution is 5.81. The Labute approximate surface area is 178 Å². The maximum absolute atomic E-state index is 12.1. The number of carbonyl (C=O) groups excluding carboxylic acids is 1. The fourth-order valence-corrected chi connectivity index (χ4v) is 4.65. The molecule has 168 valence electrons. The fraction of sp³-hybridized carbons (Fsp3) is 0.696. The molecule has 1 saturated heterocycles. The van der Waals surface area contributed by atoms with Gasteiger partial charge in [0.15, 0.2) is 6.10 Å². The number of carbonyl (C=O) groups is 1. The molecule has 1 saturated carbocycles. The zero-order valence-electron chi connectivity index (χ0n) is 18.1. The molecule has 1 aliphatic heterocycles. The number of likely N-dealkylation sites (N-methyl/N-ethyl adjacent to an activating group) is 1. The Morgan fingerprint density at radius 2 is 1.83 bits per heavy atom. The lowest BCUT2D eigenvalue weighted by atomic mass is 9.81. The Hall–Kier alpha value is -1.51. The van der Waals surface area contributed by atoms with Crippen molar-refractivity contribution in [2.75, 3.05) is 13.7 Å². The van der Waals surface area contributed by atoms with Crippen LogP contribution in [0.3, 0.4) is 0 Å². The van der Waals surface area contributed by atoms with Crippen LogP contribution in [0.1, 0.15) is 55.4 Å². The summed E-state index contributed by atoms with van der Waals surface area (Å²) in [6, 6.07) is 5.84. The third-order valence-electron chi connectivity index (χ3n) is 6.52. The van der Waals surface area contributed by atoms with Gasteiger partial charge in [0.25, 0.3) is 5.91 Å². The molecule has 0 bridgehead atoms. The van der Waals surface area contributed by atoms with Gasteiger partial charge in [0, 0.05) is 13.7 Å². The fourth-order valence-electron chi connectivity index (χ4n) is 4.65. The van der Waals surface area contributed by atoms with Gasteiger partial charge in [-0.15, -0.1) is 0 Å². The average molecular weight is 422 g/mol. The smallest absolute Gasteiger partial charge is 0.251 e. The zero-order chi connectivity index (χ0) is 21.8. The van der Waals surface area contributed by atoms with Gasteiger partial charge >= 0.3 is 0 Å². The summed E-state index contributed by atoms with van der Waals surface area (Å²) < 4.78 is 11.5. The number of amides is 1. The van der Waals surface area contributed by atoms with Crippen molar-refractivity contribution in [2.45, 2.75) is 82.6 Å². The maximum Gasteiger partial charge on any atom is 0.251 e. The lowest BCUT2D eigenvalue weighted by Gasteiger charge is -2.40. The molecule has 1 aromatic rings. The zero-order valence-corrected chi connectivity index (χ0v) is 18.1. The molecule has 30 heavy (non-hydrogen) atoms. The number of rotatable bonds is 6.